The van der Waals surface area contributed by atoms with Crippen LogP contribution in [0.15, 0.2) is 0 Å². The minimum Gasteiger partial charge on any atom is -1.00 e. The SMILES string of the molecule is O.O.O.O.O.O.O.O.O.O.[Ca+2].[Ca+2].[Ca+2].[Ca+2].[Ca+2].[H-].[H-].[H-].[H-].[H-].[H-].[H-].[H-].[H-].[H-]. The standard InChI is InChI=1S/5Ca.10H2O.10H/h;;;;;10*1H2;;;;;;;;;;/q5*+2;;;;;;;;;;;10*-1. The summed E-state index contributed by atoms with van der Waals surface area (Å²) in [6.07, 6.45) is 0. The first kappa shape index (κ1) is 238. The fourth-order valence-corrected chi connectivity index (χ4v) is 0. The largest absolute Gasteiger partial charge is 2.00 e. The second kappa shape index (κ2) is 204. The fraction of sp³-hybridized carbons (Fsp3) is 0. The van der Waals surface area contributed by atoms with Gasteiger partial charge in [-0.15, -0.1) is 0 Å². The molecule has 0 aliphatic carbocycles. The molecule has 0 fully saturated rings. The predicted molar refractivity (Wildman–Crippen MR) is 76.0 cm³/mol. The predicted octanol–water partition coefficient (Wildman–Crippen LogP) is -9.03. The second-order valence-corrected chi connectivity index (χ2v) is 0. The van der Waals surface area contributed by atoms with E-state index in [1.165, 1.54) is 0 Å². The molecule has 0 aliphatic heterocycles. The van der Waals surface area contributed by atoms with Crippen LogP contribution in [-0.4, -0.2) is 243 Å². The van der Waals surface area contributed by atoms with Crippen molar-refractivity contribution in [3.8, 4) is 0 Å². The summed E-state index contributed by atoms with van der Waals surface area (Å²) >= 11 is 0. The minimum absolute atomic E-state index is 0. The number of hydrogen-bond acceptors (Lipinski definition) is 0. The molecule has 0 rings (SSSR count). The van der Waals surface area contributed by atoms with E-state index in [9.17, 15) is 0 Å². The first-order valence-corrected chi connectivity index (χ1v) is 0. The van der Waals surface area contributed by atoms with E-state index in [1.807, 2.05) is 0 Å². The van der Waals surface area contributed by atoms with Crippen molar-refractivity contribution in [2.45, 2.75) is 0 Å². The van der Waals surface area contributed by atoms with E-state index in [0.717, 1.165) is 0 Å². The summed E-state index contributed by atoms with van der Waals surface area (Å²) in [7, 11) is 0. The van der Waals surface area contributed by atoms with Crippen LogP contribution in [0.3, 0.4) is 0 Å². The molecule has 0 aromatic heterocycles. The van der Waals surface area contributed by atoms with Crippen molar-refractivity contribution >= 4 is 189 Å². The van der Waals surface area contributed by atoms with E-state index in [2.05, 4.69) is 0 Å². The summed E-state index contributed by atoms with van der Waals surface area (Å²) in [6, 6.07) is 0. The van der Waals surface area contributed by atoms with Crippen LogP contribution in [0, 0.1) is 0 Å². The van der Waals surface area contributed by atoms with Crippen molar-refractivity contribution in [3.05, 3.63) is 0 Å². The van der Waals surface area contributed by atoms with Gasteiger partial charge in [0.2, 0.25) is 0 Å². The summed E-state index contributed by atoms with van der Waals surface area (Å²) in [4.78, 5) is 0. The van der Waals surface area contributed by atoms with Gasteiger partial charge in [-0.25, -0.2) is 0 Å². The van der Waals surface area contributed by atoms with E-state index in [4.69, 9.17) is 0 Å². The molecule has 20 N–H and O–H groups in total. The average molecular weight is 391 g/mol. The molecular weight excluding hydrogens is 360 g/mol. The van der Waals surface area contributed by atoms with Crippen LogP contribution in [0.4, 0.5) is 0 Å². The molecule has 0 atom stereocenters. The summed E-state index contributed by atoms with van der Waals surface area (Å²) in [5.74, 6) is 0. The smallest absolute Gasteiger partial charge is 1.00 e. The first-order valence-electron chi connectivity index (χ1n) is 0. The number of hydrogen-bond donors (Lipinski definition) is 0. The normalized spacial score (nSPS) is 0. The van der Waals surface area contributed by atoms with Crippen LogP contribution in [0.5, 0.6) is 0 Å². The maximum absolute atomic E-state index is 0. The second-order valence-electron chi connectivity index (χ2n) is 0. The van der Waals surface area contributed by atoms with Crippen LogP contribution >= 0.6 is 0 Å². The Bertz CT molecular complexity index is 38.0. The van der Waals surface area contributed by atoms with Gasteiger partial charge in [0.25, 0.3) is 0 Å². The van der Waals surface area contributed by atoms with Gasteiger partial charge < -0.3 is 69.0 Å². The zero-order chi connectivity index (χ0) is 0. The molecule has 0 radical (unpaired) electrons. The van der Waals surface area contributed by atoms with Gasteiger partial charge in [-0.1, -0.05) is 0 Å². The quantitative estimate of drug-likeness (QED) is 0.347. The molecule has 0 unspecified atom stereocenters. The molecule has 15 heteroatoms. The molecule has 15 heavy (non-hydrogen) atoms. The topological polar surface area (TPSA) is 315 Å². The molecule has 0 heterocycles. The average Bonchev–Trinajstić information content (AvgIpc) is 0. The summed E-state index contributed by atoms with van der Waals surface area (Å²) in [5.41, 5.74) is 0. The fourth-order valence-electron chi connectivity index (χ4n) is 0. The zero-order valence-electron chi connectivity index (χ0n) is 18.5. The van der Waals surface area contributed by atoms with Crippen LogP contribution < -0.4 is 0 Å². The molecule has 0 spiro atoms. The third-order valence-electron chi connectivity index (χ3n) is 0. The van der Waals surface area contributed by atoms with E-state index in [1.54, 1.807) is 0 Å². The number of rotatable bonds is 0. The Kier molecular flexibility index (Phi) is 3240. The summed E-state index contributed by atoms with van der Waals surface area (Å²) in [6.45, 7) is 0. The molecule has 0 bridgehead atoms. The minimum atomic E-state index is 0. The molecule has 0 amide bonds. The van der Waals surface area contributed by atoms with E-state index in [-0.39, 0.29) is 258 Å². The van der Waals surface area contributed by atoms with E-state index in [0.29, 0.717) is 0 Å². The van der Waals surface area contributed by atoms with Crippen molar-refractivity contribution in [3.63, 3.8) is 0 Å². The Morgan fingerprint density at radius 3 is 0.200 bits per heavy atom. The van der Waals surface area contributed by atoms with E-state index < -0.39 is 0 Å². The monoisotopic (exact) mass is 390 g/mol. The molecule has 0 aromatic rings. The van der Waals surface area contributed by atoms with Crippen molar-refractivity contribution in [1.29, 1.82) is 0 Å². The Morgan fingerprint density at radius 2 is 0.200 bits per heavy atom. The third-order valence-corrected chi connectivity index (χ3v) is 0. The van der Waals surface area contributed by atoms with Gasteiger partial charge in [0.05, 0.1) is 0 Å². The molecule has 10 nitrogen and oxygen atoms in total. The summed E-state index contributed by atoms with van der Waals surface area (Å²) in [5, 5.41) is 0. The Hall–Kier alpha value is 5.90. The van der Waals surface area contributed by atoms with Crippen molar-refractivity contribution in [1.82, 2.24) is 0 Å². The Labute approximate surface area is 252 Å². The molecule has 0 aromatic carbocycles. The molecule has 0 saturated carbocycles. The molecule has 100 valence electrons. The molecule has 0 saturated heterocycles. The molecular formula is H30Ca5O10. The van der Waals surface area contributed by atoms with Crippen LogP contribution in [0.2, 0.25) is 0 Å². The van der Waals surface area contributed by atoms with Crippen molar-refractivity contribution in [2.24, 2.45) is 0 Å². The maximum Gasteiger partial charge on any atom is 2.00 e. The Balaban J connectivity index is 0. The van der Waals surface area contributed by atoms with Crippen LogP contribution in [0.1, 0.15) is 14.3 Å². The Morgan fingerprint density at radius 1 is 0.200 bits per heavy atom. The van der Waals surface area contributed by atoms with Gasteiger partial charge in [0, 0.05) is 0 Å². The molecule has 0 aliphatic rings. The van der Waals surface area contributed by atoms with Gasteiger partial charge in [0.1, 0.15) is 0 Å². The van der Waals surface area contributed by atoms with Gasteiger partial charge in [-0.3, -0.25) is 0 Å². The van der Waals surface area contributed by atoms with Crippen LogP contribution in [-0.2, 0) is 0 Å². The maximum atomic E-state index is 0. The van der Waals surface area contributed by atoms with Gasteiger partial charge in [0.15, 0.2) is 0 Å². The van der Waals surface area contributed by atoms with Crippen molar-refractivity contribution in [2.75, 3.05) is 0 Å². The van der Waals surface area contributed by atoms with Crippen molar-refractivity contribution < 1.29 is 69.0 Å². The van der Waals surface area contributed by atoms with E-state index >= 15 is 0 Å². The zero-order valence-corrected chi connectivity index (χ0v) is 19.6. The van der Waals surface area contributed by atoms with Gasteiger partial charge in [-0.05, 0) is 0 Å². The van der Waals surface area contributed by atoms with Crippen LogP contribution in [0.25, 0.3) is 0 Å². The van der Waals surface area contributed by atoms with Gasteiger partial charge >= 0.3 is 189 Å². The third kappa shape index (κ3) is 183. The van der Waals surface area contributed by atoms with Gasteiger partial charge in [-0.2, -0.15) is 0 Å². The summed E-state index contributed by atoms with van der Waals surface area (Å²) < 4.78 is 0. The first-order chi connectivity index (χ1) is 0.